The van der Waals surface area contributed by atoms with E-state index in [1.807, 2.05) is 6.92 Å². The Morgan fingerprint density at radius 3 is 3.13 bits per heavy atom. The van der Waals surface area contributed by atoms with Crippen LogP contribution in [0.15, 0.2) is 11.4 Å². The maximum atomic E-state index is 10.9. The largest absolute Gasteiger partial charge is 0.478 e. The highest BCUT2D eigenvalue weighted by Crippen LogP contribution is 2.53. The van der Waals surface area contributed by atoms with Crippen molar-refractivity contribution >= 4 is 23.7 Å². The van der Waals surface area contributed by atoms with E-state index >= 15 is 0 Å². The summed E-state index contributed by atoms with van der Waals surface area (Å²) in [6.07, 6.45) is 1.49. The lowest BCUT2D eigenvalue weighted by atomic mass is 10.1. The van der Waals surface area contributed by atoms with Crippen molar-refractivity contribution in [2.24, 2.45) is 0 Å². The number of hydrogen-bond donors (Lipinski definition) is 2. The molecule has 0 saturated heterocycles. The molecule has 2 atom stereocenters. The topological polar surface area (TPSA) is 66.4 Å². The van der Waals surface area contributed by atoms with Gasteiger partial charge in [0.05, 0.1) is 5.56 Å². The van der Waals surface area contributed by atoms with E-state index in [2.05, 4.69) is 5.32 Å². The van der Waals surface area contributed by atoms with Crippen molar-refractivity contribution < 1.29 is 14.7 Å². The molecular formula is C10H11NO3S. The minimum absolute atomic E-state index is 0.147. The number of hydrogen-bond acceptors (Lipinski definition) is 3. The molecule has 0 unspecified atom stereocenters. The van der Waals surface area contributed by atoms with E-state index < -0.39 is 5.97 Å². The first-order valence-corrected chi connectivity index (χ1v) is 5.48. The van der Waals surface area contributed by atoms with Gasteiger partial charge in [0.1, 0.15) is 0 Å². The van der Waals surface area contributed by atoms with Gasteiger partial charge in [-0.3, -0.25) is 4.79 Å². The predicted molar refractivity (Wildman–Crippen MR) is 56.2 cm³/mol. The second-order valence-corrected chi connectivity index (χ2v) is 4.89. The Hall–Kier alpha value is -1.36. The summed E-state index contributed by atoms with van der Waals surface area (Å²) in [6.45, 7) is 1.93. The van der Waals surface area contributed by atoms with Crippen LogP contribution >= 0.6 is 11.3 Å². The van der Waals surface area contributed by atoms with Crippen molar-refractivity contribution in [2.45, 2.75) is 24.8 Å². The van der Waals surface area contributed by atoms with Crippen LogP contribution in [0.1, 0.15) is 34.5 Å². The van der Waals surface area contributed by atoms with E-state index in [1.54, 1.807) is 11.4 Å². The van der Waals surface area contributed by atoms with Gasteiger partial charge in [-0.1, -0.05) is 0 Å². The van der Waals surface area contributed by atoms with E-state index in [1.165, 1.54) is 11.3 Å². The summed E-state index contributed by atoms with van der Waals surface area (Å²) in [7, 11) is 0. The van der Waals surface area contributed by atoms with Crippen LogP contribution in [0.4, 0.5) is 0 Å². The third-order valence-electron chi connectivity index (χ3n) is 2.87. The molecule has 4 nitrogen and oxygen atoms in total. The van der Waals surface area contributed by atoms with Gasteiger partial charge in [-0.25, -0.2) is 4.79 Å². The smallest absolute Gasteiger partial charge is 0.336 e. The van der Waals surface area contributed by atoms with Gasteiger partial charge in [0.25, 0.3) is 0 Å². The summed E-state index contributed by atoms with van der Waals surface area (Å²) in [5, 5.41) is 13.5. The number of amides is 1. The van der Waals surface area contributed by atoms with Crippen molar-refractivity contribution in [2.75, 3.05) is 0 Å². The fourth-order valence-corrected chi connectivity index (χ4v) is 2.95. The number of carbonyl (C=O) groups excluding carboxylic acids is 1. The molecule has 1 aromatic heterocycles. The van der Waals surface area contributed by atoms with Crippen LogP contribution in [0.3, 0.4) is 0 Å². The van der Waals surface area contributed by atoms with E-state index in [0.717, 1.165) is 11.3 Å². The molecular weight excluding hydrogens is 214 g/mol. The second kappa shape index (κ2) is 3.34. The maximum Gasteiger partial charge on any atom is 0.336 e. The van der Waals surface area contributed by atoms with Gasteiger partial charge >= 0.3 is 5.97 Å². The van der Waals surface area contributed by atoms with Crippen LogP contribution in [-0.2, 0) is 4.79 Å². The van der Waals surface area contributed by atoms with Gasteiger partial charge in [-0.15, -0.1) is 11.3 Å². The van der Waals surface area contributed by atoms with E-state index in [-0.39, 0.29) is 11.5 Å². The number of nitrogens with one attached hydrogen (secondary N) is 1. The van der Waals surface area contributed by atoms with Gasteiger partial charge in [0.2, 0.25) is 6.41 Å². The lowest BCUT2D eigenvalue weighted by molar-refractivity contribution is -0.110. The zero-order chi connectivity index (χ0) is 11.1. The van der Waals surface area contributed by atoms with E-state index in [9.17, 15) is 9.59 Å². The summed E-state index contributed by atoms with van der Waals surface area (Å²) in [4.78, 5) is 22.1. The van der Waals surface area contributed by atoms with Gasteiger partial charge < -0.3 is 10.4 Å². The molecule has 1 fully saturated rings. The molecule has 1 amide bonds. The Morgan fingerprint density at radius 2 is 2.53 bits per heavy atom. The number of aromatic carboxylic acids is 1. The number of rotatable bonds is 4. The second-order valence-electron chi connectivity index (χ2n) is 3.94. The quantitative estimate of drug-likeness (QED) is 0.762. The highest BCUT2D eigenvalue weighted by molar-refractivity contribution is 7.10. The fourth-order valence-electron chi connectivity index (χ4n) is 1.81. The number of carbonyl (C=O) groups is 2. The average molecular weight is 225 g/mol. The third kappa shape index (κ3) is 1.63. The van der Waals surface area contributed by atoms with Crippen molar-refractivity contribution in [1.82, 2.24) is 5.32 Å². The van der Waals surface area contributed by atoms with E-state index in [4.69, 9.17) is 5.11 Å². The van der Waals surface area contributed by atoms with Crippen molar-refractivity contribution in [3.05, 3.63) is 21.9 Å². The lowest BCUT2D eigenvalue weighted by Gasteiger charge is -2.08. The Bertz CT molecular complexity index is 415. The molecule has 1 saturated carbocycles. The summed E-state index contributed by atoms with van der Waals surface area (Å²) in [5.41, 5.74) is 0.109. The van der Waals surface area contributed by atoms with Crippen molar-refractivity contribution in [1.29, 1.82) is 0 Å². The molecule has 0 bridgehead atoms. The Kier molecular flexibility index (Phi) is 2.26. The fraction of sp³-hybridized carbons (Fsp3) is 0.400. The molecule has 0 aromatic carbocycles. The van der Waals surface area contributed by atoms with Crippen molar-refractivity contribution in [3.63, 3.8) is 0 Å². The highest BCUT2D eigenvalue weighted by atomic mass is 32.1. The molecule has 0 radical (unpaired) electrons. The molecule has 1 aliphatic rings. The summed E-state index contributed by atoms with van der Waals surface area (Å²) < 4.78 is 0. The summed E-state index contributed by atoms with van der Waals surface area (Å²) in [6, 6.07) is 1.61. The maximum absolute atomic E-state index is 10.9. The van der Waals surface area contributed by atoms with Crippen LogP contribution in [0, 0.1) is 0 Å². The molecule has 0 aliphatic heterocycles. The number of carboxylic acid groups (broad SMARTS) is 1. The first-order valence-electron chi connectivity index (χ1n) is 4.60. The Labute approximate surface area is 90.9 Å². The van der Waals surface area contributed by atoms with Crippen LogP contribution < -0.4 is 5.32 Å². The van der Waals surface area contributed by atoms with Crippen LogP contribution in [0.2, 0.25) is 0 Å². The number of carboxylic acids is 1. The van der Waals surface area contributed by atoms with Gasteiger partial charge in [-0.2, -0.15) is 0 Å². The highest BCUT2D eigenvalue weighted by Gasteiger charge is 2.52. The van der Waals surface area contributed by atoms with Gasteiger partial charge in [-0.05, 0) is 24.8 Å². The Morgan fingerprint density at radius 1 is 1.80 bits per heavy atom. The predicted octanol–water partition coefficient (Wildman–Crippen LogP) is 1.44. The van der Waals surface area contributed by atoms with Crippen LogP contribution in [0.25, 0.3) is 0 Å². The molecule has 15 heavy (non-hydrogen) atoms. The van der Waals surface area contributed by atoms with Crippen LogP contribution in [-0.4, -0.2) is 23.0 Å². The van der Waals surface area contributed by atoms with Crippen molar-refractivity contribution in [3.8, 4) is 0 Å². The molecule has 2 N–H and O–H groups in total. The third-order valence-corrected chi connectivity index (χ3v) is 3.90. The first-order chi connectivity index (χ1) is 7.08. The standard InChI is InChI=1S/C10H11NO3S/c1-10(11-5-12)4-7(10)8-6(9(13)14)2-3-15-8/h2-3,5,7H,4H2,1H3,(H,11,12)(H,13,14)/t7-,10+/m1/s1. The summed E-state index contributed by atoms with van der Waals surface area (Å²) in [5.74, 6) is -0.750. The SMILES string of the molecule is C[C@]1(NC=O)C[C@@H]1c1sccc1C(=O)O. The first kappa shape index (κ1) is 10.2. The minimum atomic E-state index is -0.897. The summed E-state index contributed by atoms with van der Waals surface area (Å²) >= 11 is 1.44. The van der Waals surface area contributed by atoms with Crippen LogP contribution in [0.5, 0.6) is 0 Å². The zero-order valence-corrected chi connectivity index (χ0v) is 9.00. The Balaban J connectivity index is 2.23. The normalized spacial score (nSPS) is 28.5. The lowest BCUT2D eigenvalue weighted by Crippen LogP contribution is -2.28. The molecule has 0 spiro atoms. The molecule has 2 rings (SSSR count). The minimum Gasteiger partial charge on any atom is -0.478 e. The van der Waals surface area contributed by atoms with Gasteiger partial charge in [0, 0.05) is 16.3 Å². The van der Waals surface area contributed by atoms with Gasteiger partial charge in [0.15, 0.2) is 0 Å². The molecule has 5 heteroatoms. The number of thiophene rings is 1. The average Bonchev–Trinajstić information content (AvgIpc) is 2.65. The monoisotopic (exact) mass is 225 g/mol. The molecule has 1 heterocycles. The molecule has 80 valence electrons. The zero-order valence-electron chi connectivity index (χ0n) is 8.19. The molecule has 1 aliphatic carbocycles. The molecule has 1 aromatic rings. The van der Waals surface area contributed by atoms with E-state index in [0.29, 0.717) is 12.0 Å².